The molecule has 0 aliphatic heterocycles. The summed E-state index contributed by atoms with van der Waals surface area (Å²) in [6.07, 6.45) is 0.699. The minimum atomic E-state index is 0.120. The first-order valence-electron chi connectivity index (χ1n) is 3.75. The Hall–Kier alpha value is -0.120. The molecular formula is C7H18N2O. The topological polar surface area (TPSA) is 49.5 Å². The van der Waals surface area contributed by atoms with E-state index in [1.54, 1.807) is 0 Å². The zero-order chi connectivity index (χ0) is 7.98. The van der Waals surface area contributed by atoms with Crippen molar-refractivity contribution in [1.29, 1.82) is 0 Å². The second-order valence-corrected chi connectivity index (χ2v) is 2.63. The van der Waals surface area contributed by atoms with Gasteiger partial charge in [-0.25, -0.2) is 0 Å². The van der Waals surface area contributed by atoms with Crippen molar-refractivity contribution < 1.29 is 5.11 Å². The van der Waals surface area contributed by atoms with Crippen molar-refractivity contribution in [3.63, 3.8) is 0 Å². The fraction of sp³-hybridized carbons (Fsp3) is 1.00. The van der Waals surface area contributed by atoms with E-state index in [1.165, 1.54) is 0 Å². The lowest BCUT2D eigenvalue weighted by molar-refractivity contribution is 0.250. The van der Waals surface area contributed by atoms with E-state index >= 15 is 0 Å². The van der Waals surface area contributed by atoms with Gasteiger partial charge in [-0.1, -0.05) is 6.92 Å². The van der Waals surface area contributed by atoms with Crippen molar-refractivity contribution in [3.05, 3.63) is 0 Å². The molecule has 0 amide bonds. The molecular weight excluding hydrogens is 128 g/mol. The molecule has 0 aromatic rings. The van der Waals surface area contributed by atoms with Gasteiger partial charge in [0.1, 0.15) is 0 Å². The molecule has 0 spiro atoms. The SMILES string of the molecule is CCN(C)CC(N)CCO. The molecule has 3 N–H and O–H groups in total. The van der Waals surface area contributed by atoms with Gasteiger partial charge in [-0.2, -0.15) is 0 Å². The first-order valence-corrected chi connectivity index (χ1v) is 3.75. The zero-order valence-electron chi connectivity index (χ0n) is 6.88. The van der Waals surface area contributed by atoms with Gasteiger partial charge in [0.05, 0.1) is 0 Å². The number of aliphatic hydroxyl groups excluding tert-OH is 1. The van der Waals surface area contributed by atoms with Gasteiger partial charge in [0.15, 0.2) is 0 Å². The minimum Gasteiger partial charge on any atom is -0.396 e. The molecule has 1 unspecified atom stereocenters. The average Bonchev–Trinajstić information content (AvgIpc) is 1.88. The maximum absolute atomic E-state index is 8.52. The first-order chi connectivity index (χ1) is 4.70. The number of nitrogens with zero attached hydrogens (tertiary/aromatic N) is 1. The van der Waals surface area contributed by atoms with E-state index in [0.717, 1.165) is 13.1 Å². The van der Waals surface area contributed by atoms with Crippen molar-refractivity contribution in [2.45, 2.75) is 19.4 Å². The van der Waals surface area contributed by atoms with Crippen LogP contribution in [0.15, 0.2) is 0 Å². The van der Waals surface area contributed by atoms with Crippen LogP contribution >= 0.6 is 0 Å². The summed E-state index contributed by atoms with van der Waals surface area (Å²) in [7, 11) is 2.03. The molecule has 62 valence electrons. The van der Waals surface area contributed by atoms with Crippen LogP contribution in [0, 0.1) is 0 Å². The van der Waals surface area contributed by atoms with Crippen LogP contribution in [0.25, 0.3) is 0 Å². The van der Waals surface area contributed by atoms with Gasteiger partial charge < -0.3 is 15.7 Å². The van der Waals surface area contributed by atoms with Gasteiger partial charge in [0, 0.05) is 19.2 Å². The second-order valence-electron chi connectivity index (χ2n) is 2.63. The number of aliphatic hydroxyl groups is 1. The molecule has 0 aromatic carbocycles. The second kappa shape index (κ2) is 5.65. The van der Waals surface area contributed by atoms with E-state index in [-0.39, 0.29) is 12.6 Å². The van der Waals surface area contributed by atoms with Crippen LogP contribution in [0.2, 0.25) is 0 Å². The summed E-state index contributed by atoms with van der Waals surface area (Å²) in [5, 5.41) is 8.52. The molecule has 0 bridgehead atoms. The molecule has 0 radical (unpaired) electrons. The fourth-order valence-corrected chi connectivity index (χ4v) is 0.787. The predicted octanol–water partition coefficient (Wildman–Crippen LogP) is -0.352. The lowest BCUT2D eigenvalue weighted by Crippen LogP contribution is -2.35. The van der Waals surface area contributed by atoms with E-state index in [9.17, 15) is 0 Å². The third-order valence-electron chi connectivity index (χ3n) is 1.59. The first kappa shape index (κ1) is 9.88. The van der Waals surface area contributed by atoms with Crippen LogP contribution in [-0.2, 0) is 0 Å². The molecule has 0 aliphatic carbocycles. The molecule has 0 saturated heterocycles. The summed E-state index contributed by atoms with van der Waals surface area (Å²) in [6, 6.07) is 0.120. The Labute approximate surface area is 62.8 Å². The Morgan fingerprint density at radius 3 is 2.60 bits per heavy atom. The minimum absolute atomic E-state index is 0.120. The van der Waals surface area contributed by atoms with E-state index < -0.39 is 0 Å². The zero-order valence-corrected chi connectivity index (χ0v) is 6.88. The molecule has 3 nitrogen and oxygen atoms in total. The quantitative estimate of drug-likeness (QED) is 0.557. The van der Waals surface area contributed by atoms with Gasteiger partial charge in [-0.3, -0.25) is 0 Å². The third-order valence-corrected chi connectivity index (χ3v) is 1.59. The Kier molecular flexibility index (Phi) is 5.58. The Morgan fingerprint density at radius 1 is 1.60 bits per heavy atom. The van der Waals surface area contributed by atoms with Gasteiger partial charge in [0.2, 0.25) is 0 Å². The van der Waals surface area contributed by atoms with E-state index in [0.29, 0.717) is 6.42 Å². The van der Waals surface area contributed by atoms with E-state index in [4.69, 9.17) is 10.8 Å². The van der Waals surface area contributed by atoms with Crippen molar-refractivity contribution in [2.75, 3.05) is 26.7 Å². The molecule has 0 fully saturated rings. The molecule has 0 saturated carbocycles. The predicted molar refractivity (Wildman–Crippen MR) is 42.8 cm³/mol. The number of rotatable bonds is 5. The summed E-state index contributed by atoms with van der Waals surface area (Å²) < 4.78 is 0. The highest BCUT2D eigenvalue weighted by Crippen LogP contribution is 1.89. The largest absolute Gasteiger partial charge is 0.396 e. The van der Waals surface area contributed by atoms with E-state index in [1.807, 2.05) is 7.05 Å². The lowest BCUT2D eigenvalue weighted by atomic mass is 10.2. The summed E-state index contributed by atoms with van der Waals surface area (Å²) in [5.74, 6) is 0. The van der Waals surface area contributed by atoms with Crippen LogP contribution in [0.5, 0.6) is 0 Å². The van der Waals surface area contributed by atoms with Gasteiger partial charge >= 0.3 is 0 Å². The molecule has 0 heterocycles. The molecule has 0 aromatic heterocycles. The van der Waals surface area contributed by atoms with Crippen LogP contribution in [-0.4, -0.2) is 42.8 Å². The third kappa shape index (κ3) is 4.73. The van der Waals surface area contributed by atoms with Crippen molar-refractivity contribution in [2.24, 2.45) is 5.73 Å². The summed E-state index contributed by atoms with van der Waals surface area (Å²) in [6.45, 7) is 4.17. The number of hydrogen-bond acceptors (Lipinski definition) is 3. The van der Waals surface area contributed by atoms with Crippen LogP contribution < -0.4 is 5.73 Å². The fourth-order valence-electron chi connectivity index (χ4n) is 0.787. The van der Waals surface area contributed by atoms with E-state index in [2.05, 4.69) is 11.8 Å². The average molecular weight is 146 g/mol. The molecule has 1 atom stereocenters. The van der Waals surface area contributed by atoms with Crippen LogP contribution in [0.4, 0.5) is 0 Å². The van der Waals surface area contributed by atoms with Gasteiger partial charge in [0.25, 0.3) is 0 Å². The van der Waals surface area contributed by atoms with Crippen LogP contribution in [0.1, 0.15) is 13.3 Å². The van der Waals surface area contributed by atoms with Crippen molar-refractivity contribution in [3.8, 4) is 0 Å². The molecule has 3 heteroatoms. The van der Waals surface area contributed by atoms with Gasteiger partial charge in [-0.05, 0) is 20.0 Å². The molecule has 10 heavy (non-hydrogen) atoms. The maximum atomic E-state index is 8.52. The highest BCUT2D eigenvalue weighted by molar-refractivity contribution is 4.63. The van der Waals surface area contributed by atoms with Crippen LogP contribution in [0.3, 0.4) is 0 Å². The Bertz CT molecular complexity index is 78.0. The smallest absolute Gasteiger partial charge is 0.0446 e. The highest BCUT2D eigenvalue weighted by Gasteiger charge is 2.03. The summed E-state index contributed by atoms with van der Waals surface area (Å²) in [4.78, 5) is 2.14. The monoisotopic (exact) mass is 146 g/mol. The normalized spacial score (nSPS) is 14.1. The summed E-state index contributed by atoms with van der Waals surface area (Å²) in [5.41, 5.74) is 5.66. The number of hydrogen-bond donors (Lipinski definition) is 2. The van der Waals surface area contributed by atoms with Crippen molar-refractivity contribution in [1.82, 2.24) is 4.90 Å². The molecule has 0 aliphatic rings. The van der Waals surface area contributed by atoms with Crippen molar-refractivity contribution >= 4 is 0 Å². The Morgan fingerprint density at radius 2 is 2.20 bits per heavy atom. The highest BCUT2D eigenvalue weighted by atomic mass is 16.3. The number of nitrogens with two attached hydrogens (primary N) is 1. The molecule has 0 rings (SSSR count). The lowest BCUT2D eigenvalue weighted by Gasteiger charge is -2.18. The Balaban J connectivity index is 3.27. The summed E-state index contributed by atoms with van der Waals surface area (Å²) >= 11 is 0. The number of likely N-dealkylation sites (N-methyl/N-ethyl adjacent to an activating group) is 1. The van der Waals surface area contributed by atoms with Gasteiger partial charge in [-0.15, -0.1) is 0 Å². The standard InChI is InChI=1S/C7H18N2O/c1-3-9(2)6-7(8)4-5-10/h7,10H,3-6,8H2,1-2H3. The maximum Gasteiger partial charge on any atom is 0.0446 e.